The van der Waals surface area contributed by atoms with Crippen molar-refractivity contribution < 1.29 is 19.4 Å². The molecule has 0 aliphatic heterocycles. The predicted octanol–water partition coefficient (Wildman–Crippen LogP) is 2.49. The molecule has 0 spiro atoms. The van der Waals surface area contributed by atoms with Gasteiger partial charge in [0.2, 0.25) is 5.69 Å². The quantitative estimate of drug-likeness (QED) is 0.893. The summed E-state index contributed by atoms with van der Waals surface area (Å²) in [7, 11) is 0. The zero-order chi connectivity index (χ0) is 13.4. The summed E-state index contributed by atoms with van der Waals surface area (Å²) in [5.41, 5.74) is 0.594. The lowest BCUT2D eigenvalue weighted by Crippen LogP contribution is -2.03. The molecule has 1 aromatic carbocycles. The van der Waals surface area contributed by atoms with E-state index in [-0.39, 0.29) is 4.47 Å². The number of hydrogen-bond acceptors (Lipinski definition) is 3. The maximum absolute atomic E-state index is 13.3. The monoisotopic (exact) mass is 314 g/mol. The van der Waals surface area contributed by atoms with Crippen molar-refractivity contribution in [1.82, 2.24) is 9.78 Å². The standard InChI is InChI=1S/C11H8BrFN2O3/c1-5-2-7(13)6(12)3-8(5)15-4-9(16)10(14-15)11(17)18/h2-4,16H,1H3,(H,17,18). The molecule has 2 rings (SSSR count). The maximum atomic E-state index is 13.3. The molecule has 1 heterocycles. The van der Waals surface area contributed by atoms with Crippen molar-refractivity contribution in [3.63, 3.8) is 0 Å². The molecule has 2 aromatic rings. The first-order valence-electron chi connectivity index (χ1n) is 4.88. The number of hydrogen-bond donors (Lipinski definition) is 2. The van der Waals surface area contributed by atoms with Crippen LogP contribution in [0, 0.1) is 12.7 Å². The Kier molecular flexibility index (Phi) is 3.08. The number of aromatic nitrogens is 2. The number of benzene rings is 1. The Bertz CT molecular complexity index is 639. The van der Waals surface area contributed by atoms with E-state index in [0.717, 1.165) is 6.20 Å². The molecule has 0 fully saturated rings. The molecule has 5 nitrogen and oxygen atoms in total. The van der Waals surface area contributed by atoms with Crippen molar-refractivity contribution in [2.24, 2.45) is 0 Å². The van der Waals surface area contributed by atoms with Crippen LogP contribution in [0.1, 0.15) is 16.1 Å². The number of rotatable bonds is 2. The average Bonchev–Trinajstić information content (AvgIpc) is 2.65. The third kappa shape index (κ3) is 2.08. The second kappa shape index (κ2) is 4.41. The van der Waals surface area contributed by atoms with E-state index in [1.54, 1.807) is 6.92 Å². The second-order valence-corrected chi connectivity index (χ2v) is 4.52. The molecule has 0 bridgehead atoms. The second-order valence-electron chi connectivity index (χ2n) is 3.67. The summed E-state index contributed by atoms with van der Waals surface area (Å²) in [6, 6.07) is 2.75. The zero-order valence-corrected chi connectivity index (χ0v) is 10.8. The molecule has 18 heavy (non-hydrogen) atoms. The molecule has 0 unspecified atom stereocenters. The summed E-state index contributed by atoms with van der Waals surface area (Å²) in [6.07, 6.45) is 1.16. The highest BCUT2D eigenvalue weighted by Gasteiger charge is 2.17. The van der Waals surface area contributed by atoms with Gasteiger partial charge in [-0.1, -0.05) is 0 Å². The molecule has 0 aliphatic rings. The summed E-state index contributed by atoms with van der Waals surface area (Å²) in [4.78, 5) is 10.8. The van der Waals surface area contributed by atoms with Crippen LogP contribution < -0.4 is 0 Å². The fraction of sp³-hybridized carbons (Fsp3) is 0.0909. The van der Waals surface area contributed by atoms with E-state index >= 15 is 0 Å². The van der Waals surface area contributed by atoms with E-state index in [4.69, 9.17) is 5.11 Å². The maximum Gasteiger partial charge on any atom is 0.360 e. The fourth-order valence-corrected chi connectivity index (χ4v) is 1.85. The Morgan fingerprint density at radius 2 is 2.17 bits per heavy atom. The van der Waals surface area contributed by atoms with Gasteiger partial charge in [0.1, 0.15) is 5.82 Å². The predicted molar refractivity (Wildman–Crippen MR) is 64.6 cm³/mol. The van der Waals surface area contributed by atoms with Crippen molar-refractivity contribution >= 4 is 21.9 Å². The van der Waals surface area contributed by atoms with Crippen LogP contribution in [-0.4, -0.2) is 26.0 Å². The number of nitrogens with zero attached hydrogens (tertiary/aromatic N) is 2. The largest absolute Gasteiger partial charge is 0.504 e. The highest BCUT2D eigenvalue weighted by Crippen LogP contribution is 2.25. The third-order valence-electron chi connectivity index (χ3n) is 2.38. The zero-order valence-electron chi connectivity index (χ0n) is 9.19. The number of carbonyl (C=O) groups is 1. The fourth-order valence-electron chi connectivity index (χ4n) is 1.52. The lowest BCUT2D eigenvalue weighted by atomic mass is 10.2. The van der Waals surface area contributed by atoms with Gasteiger partial charge < -0.3 is 10.2 Å². The van der Waals surface area contributed by atoms with Crippen molar-refractivity contribution in [2.45, 2.75) is 6.92 Å². The van der Waals surface area contributed by atoms with E-state index < -0.39 is 23.2 Å². The van der Waals surface area contributed by atoms with Crippen molar-refractivity contribution in [3.05, 3.63) is 39.9 Å². The number of carboxylic acid groups (broad SMARTS) is 1. The van der Waals surface area contributed by atoms with E-state index in [1.165, 1.54) is 16.8 Å². The Hall–Kier alpha value is -1.89. The molecule has 0 atom stereocenters. The summed E-state index contributed by atoms with van der Waals surface area (Å²) in [5, 5.41) is 22.0. The Balaban J connectivity index is 2.59. The first kappa shape index (κ1) is 12.6. The molecule has 0 saturated carbocycles. The van der Waals surface area contributed by atoms with E-state index in [1.807, 2.05) is 0 Å². The van der Waals surface area contributed by atoms with Gasteiger partial charge in [0, 0.05) is 0 Å². The first-order chi connectivity index (χ1) is 8.40. The van der Waals surface area contributed by atoms with Crippen molar-refractivity contribution in [2.75, 3.05) is 0 Å². The van der Waals surface area contributed by atoms with Gasteiger partial charge in [0.05, 0.1) is 16.4 Å². The van der Waals surface area contributed by atoms with Gasteiger partial charge in [-0.15, -0.1) is 0 Å². The molecular weight excluding hydrogens is 307 g/mol. The Morgan fingerprint density at radius 3 is 2.72 bits per heavy atom. The third-order valence-corrected chi connectivity index (χ3v) is 2.99. The van der Waals surface area contributed by atoms with Crippen molar-refractivity contribution in [3.8, 4) is 11.4 Å². The molecule has 0 saturated heterocycles. The number of halogens is 2. The van der Waals surface area contributed by atoms with Crippen LogP contribution in [0.2, 0.25) is 0 Å². The molecule has 1 aromatic heterocycles. The summed E-state index contributed by atoms with van der Waals surface area (Å²) in [5.74, 6) is -2.20. The highest BCUT2D eigenvalue weighted by molar-refractivity contribution is 9.10. The minimum Gasteiger partial charge on any atom is -0.504 e. The minimum atomic E-state index is -1.33. The summed E-state index contributed by atoms with van der Waals surface area (Å²) < 4.78 is 14.7. The van der Waals surface area contributed by atoms with Gasteiger partial charge in [-0.25, -0.2) is 13.9 Å². The van der Waals surface area contributed by atoms with Gasteiger partial charge in [0.25, 0.3) is 0 Å². The number of aromatic carboxylic acids is 1. The normalized spacial score (nSPS) is 10.6. The van der Waals surface area contributed by atoms with Crippen LogP contribution in [0.3, 0.4) is 0 Å². The Labute approximate surface area is 110 Å². The van der Waals surface area contributed by atoms with Crippen LogP contribution in [0.15, 0.2) is 22.8 Å². The van der Waals surface area contributed by atoms with Crippen LogP contribution in [0.4, 0.5) is 4.39 Å². The van der Waals surface area contributed by atoms with Crippen LogP contribution in [0.25, 0.3) is 5.69 Å². The smallest absolute Gasteiger partial charge is 0.360 e. The lowest BCUT2D eigenvalue weighted by Gasteiger charge is -2.06. The van der Waals surface area contributed by atoms with Gasteiger partial charge in [0.15, 0.2) is 5.75 Å². The first-order valence-corrected chi connectivity index (χ1v) is 5.67. The van der Waals surface area contributed by atoms with Crippen LogP contribution in [-0.2, 0) is 0 Å². The summed E-state index contributed by atoms with van der Waals surface area (Å²) in [6.45, 7) is 1.66. The molecule has 2 N–H and O–H groups in total. The topological polar surface area (TPSA) is 75.4 Å². The van der Waals surface area contributed by atoms with E-state index in [2.05, 4.69) is 21.0 Å². The van der Waals surface area contributed by atoms with Gasteiger partial charge >= 0.3 is 5.97 Å². The molecule has 0 radical (unpaired) electrons. The molecule has 7 heteroatoms. The number of aryl methyl sites for hydroxylation is 1. The lowest BCUT2D eigenvalue weighted by molar-refractivity contribution is 0.0687. The molecule has 94 valence electrons. The summed E-state index contributed by atoms with van der Waals surface area (Å²) >= 11 is 3.04. The van der Waals surface area contributed by atoms with Gasteiger partial charge in [-0.05, 0) is 40.5 Å². The van der Waals surface area contributed by atoms with Crippen LogP contribution in [0.5, 0.6) is 5.75 Å². The minimum absolute atomic E-state index is 0.231. The van der Waals surface area contributed by atoms with Gasteiger partial charge in [-0.3, -0.25) is 0 Å². The SMILES string of the molecule is Cc1cc(F)c(Br)cc1-n1cc(O)c(C(=O)O)n1. The number of aromatic hydroxyl groups is 1. The highest BCUT2D eigenvalue weighted by atomic mass is 79.9. The van der Waals surface area contributed by atoms with E-state index in [0.29, 0.717) is 11.3 Å². The Morgan fingerprint density at radius 1 is 1.50 bits per heavy atom. The van der Waals surface area contributed by atoms with Crippen LogP contribution >= 0.6 is 15.9 Å². The molecular formula is C11H8BrFN2O3. The molecule has 0 aliphatic carbocycles. The van der Waals surface area contributed by atoms with Crippen molar-refractivity contribution in [1.29, 1.82) is 0 Å². The average molecular weight is 315 g/mol. The molecule has 0 amide bonds. The number of carboxylic acids is 1. The van der Waals surface area contributed by atoms with Gasteiger partial charge in [-0.2, -0.15) is 5.10 Å². The van der Waals surface area contributed by atoms with E-state index in [9.17, 15) is 14.3 Å².